The molecule has 0 saturated carbocycles. The Morgan fingerprint density at radius 3 is 2.61 bits per heavy atom. The van der Waals surface area contributed by atoms with Gasteiger partial charge in [-0.25, -0.2) is 0 Å². The third kappa shape index (κ3) is 7.81. The van der Waals surface area contributed by atoms with Crippen molar-refractivity contribution in [2.75, 3.05) is 59.1 Å². The molecule has 2 fully saturated rings. The second kappa shape index (κ2) is 12.7. The first kappa shape index (κ1) is 23.7. The second-order valence-corrected chi connectivity index (χ2v) is 8.86. The maximum Gasteiger partial charge on any atom is 0.237 e. The number of hydrogen-bond donors (Lipinski definition) is 0. The van der Waals surface area contributed by atoms with Gasteiger partial charge in [0.05, 0.1) is 32.0 Å². The molecule has 1 amide bonds. The van der Waals surface area contributed by atoms with E-state index < -0.39 is 0 Å². The van der Waals surface area contributed by atoms with Gasteiger partial charge in [-0.15, -0.1) is 0 Å². The number of carbonyl (C=O) groups is 1. The number of amides is 1. The standard InChI is InChI=1S/C26H36N4O3/c31-26(22-29-11-4-1-5-12-29)30(21-24-8-2-3-10-27-24)20-23-7-6-9-25(19-23)33-18-15-28-13-16-32-17-14-28/h2-3,6-10,19H,1,4-5,11-18,20-22H2. The lowest BCUT2D eigenvalue weighted by atomic mass is 10.1. The van der Waals surface area contributed by atoms with Crippen LogP contribution in [0.2, 0.25) is 0 Å². The smallest absolute Gasteiger partial charge is 0.237 e. The van der Waals surface area contributed by atoms with Gasteiger partial charge in [-0.1, -0.05) is 24.6 Å². The average molecular weight is 453 g/mol. The lowest BCUT2D eigenvalue weighted by Gasteiger charge is -2.29. The number of pyridine rings is 1. The van der Waals surface area contributed by atoms with Gasteiger partial charge in [-0.2, -0.15) is 0 Å². The minimum Gasteiger partial charge on any atom is -0.492 e. The molecule has 1 aromatic heterocycles. The molecule has 2 aliphatic heterocycles. The zero-order valence-electron chi connectivity index (χ0n) is 19.5. The van der Waals surface area contributed by atoms with E-state index in [0.29, 0.717) is 26.2 Å². The summed E-state index contributed by atoms with van der Waals surface area (Å²) in [4.78, 5) is 24.3. The SMILES string of the molecule is O=C(CN1CCCCC1)N(Cc1cccc(OCCN2CCOCC2)c1)Cc1ccccn1. The quantitative estimate of drug-likeness (QED) is 0.553. The average Bonchev–Trinajstić information content (AvgIpc) is 2.86. The number of nitrogens with zero attached hydrogens (tertiary/aromatic N) is 4. The number of benzene rings is 1. The van der Waals surface area contributed by atoms with Crippen molar-refractivity contribution >= 4 is 5.91 Å². The van der Waals surface area contributed by atoms with Gasteiger partial charge in [0, 0.05) is 32.4 Å². The zero-order valence-corrected chi connectivity index (χ0v) is 19.5. The van der Waals surface area contributed by atoms with Gasteiger partial charge in [-0.3, -0.25) is 19.6 Å². The number of piperidine rings is 1. The maximum absolute atomic E-state index is 13.3. The molecule has 4 rings (SSSR count). The molecule has 7 nitrogen and oxygen atoms in total. The van der Waals surface area contributed by atoms with Crippen LogP contribution in [0.4, 0.5) is 0 Å². The van der Waals surface area contributed by atoms with E-state index in [9.17, 15) is 4.79 Å². The van der Waals surface area contributed by atoms with E-state index in [1.54, 1.807) is 6.20 Å². The molecule has 2 saturated heterocycles. The van der Waals surface area contributed by atoms with Crippen LogP contribution in [0.1, 0.15) is 30.5 Å². The molecule has 0 bridgehead atoms. The van der Waals surface area contributed by atoms with Crippen LogP contribution in [0, 0.1) is 0 Å². The first-order valence-electron chi connectivity index (χ1n) is 12.2. The molecular weight excluding hydrogens is 416 g/mol. The zero-order chi connectivity index (χ0) is 22.7. The van der Waals surface area contributed by atoms with E-state index >= 15 is 0 Å². The lowest BCUT2D eigenvalue weighted by Crippen LogP contribution is -2.41. The number of aromatic nitrogens is 1. The van der Waals surface area contributed by atoms with E-state index in [-0.39, 0.29) is 5.91 Å². The van der Waals surface area contributed by atoms with Crippen molar-refractivity contribution in [3.05, 3.63) is 59.9 Å². The number of carbonyl (C=O) groups excluding carboxylic acids is 1. The Kier molecular flexibility index (Phi) is 9.09. The monoisotopic (exact) mass is 452 g/mol. The molecule has 0 radical (unpaired) electrons. The summed E-state index contributed by atoms with van der Waals surface area (Å²) >= 11 is 0. The van der Waals surface area contributed by atoms with Crippen molar-refractivity contribution in [3.63, 3.8) is 0 Å². The minimum atomic E-state index is 0.154. The molecule has 2 aliphatic rings. The summed E-state index contributed by atoms with van der Waals surface area (Å²) in [7, 11) is 0. The van der Waals surface area contributed by atoms with E-state index in [1.807, 2.05) is 35.2 Å². The Bertz CT molecular complexity index is 852. The highest BCUT2D eigenvalue weighted by Gasteiger charge is 2.20. The van der Waals surface area contributed by atoms with E-state index in [4.69, 9.17) is 9.47 Å². The van der Waals surface area contributed by atoms with Crippen LogP contribution in [-0.2, 0) is 22.6 Å². The van der Waals surface area contributed by atoms with Crippen molar-refractivity contribution in [2.45, 2.75) is 32.4 Å². The Morgan fingerprint density at radius 2 is 1.82 bits per heavy atom. The van der Waals surface area contributed by atoms with Crippen LogP contribution in [0.3, 0.4) is 0 Å². The normalized spacial score (nSPS) is 17.6. The largest absolute Gasteiger partial charge is 0.492 e. The number of likely N-dealkylation sites (tertiary alicyclic amines) is 1. The van der Waals surface area contributed by atoms with Gasteiger partial charge in [0.1, 0.15) is 12.4 Å². The third-order valence-electron chi connectivity index (χ3n) is 6.29. The third-order valence-corrected chi connectivity index (χ3v) is 6.29. The fourth-order valence-corrected chi connectivity index (χ4v) is 4.40. The van der Waals surface area contributed by atoms with Crippen molar-refractivity contribution < 1.29 is 14.3 Å². The van der Waals surface area contributed by atoms with Gasteiger partial charge in [-0.05, 0) is 55.8 Å². The van der Waals surface area contributed by atoms with E-state index in [2.05, 4.69) is 26.9 Å². The van der Waals surface area contributed by atoms with E-state index in [0.717, 1.165) is 62.9 Å². The summed E-state index contributed by atoms with van der Waals surface area (Å²) in [6, 6.07) is 14.0. The molecule has 0 N–H and O–H groups in total. The minimum absolute atomic E-state index is 0.154. The summed E-state index contributed by atoms with van der Waals surface area (Å²) in [5.41, 5.74) is 1.98. The molecular formula is C26H36N4O3. The maximum atomic E-state index is 13.3. The Labute approximate surface area is 197 Å². The van der Waals surface area contributed by atoms with Gasteiger partial charge in [0.25, 0.3) is 0 Å². The van der Waals surface area contributed by atoms with Gasteiger partial charge >= 0.3 is 0 Å². The molecule has 0 atom stereocenters. The van der Waals surface area contributed by atoms with Crippen molar-refractivity contribution in [3.8, 4) is 5.75 Å². The molecule has 2 aromatic rings. The predicted molar refractivity (Wildman–Crippen MR) is 128 cm³/mol. The Hall–Kier alpha value is -2.48. The molecule has 0 spiro atoms. The molecule has 33 heavy (non-hydrogen) atoms. The van der Waals surface area contributed by atoms with Crippen molar-refractivity contribution in [2.24, 2.45) is 0 Å². The summed E-state index contributed by atoms with van der Waals surface area (Å²) in [5.74, 6) is 1.00. The van der Waals surface area contributed by atoms with Crippen molar-refractivity contribution in [1.82, 2.24) is 19.7 Å². The van der Waals surface area contributed by atoms with Gasteiger partial charge < -0.3 is 14.4 Å². The number of morpholine rings is 1. The predicted octanol–water partition coefficient (Wildman–Crippen LogP) is 2.81. The van der Waals surface area contributed by atoms with Crippen LogP contribution < -0.4 is 4.74 Å². The second-order valence-electron chi connectivity index (χ2n) is 8.86. The first-order valence-corrected chi connectivity index (χ1v) is 12.2. The van der Waals surface area contributed by atoms with Gasteiger partial charge in [0.2, 0.25) is 5.91 Å². The molecule has 1 aromatic carbocycles. The van der Waals surface area contributed by atoms with Crippen LogP contribution in [0.25, 0.3) is 0 Å². The number of ether oxygens (including phenoxy) is 2. The fraction of sp³-hybridized carbons (Fsp3) is 0.538. The molecule has 0 unspecified atom stereocenters. The lowest BCUT2D eigenvalue weighted by molar-refractivity contribution is -0.134. The summed E-state index contributed by atoms with van der Waals surface area (Å²) in [5, 5.41) is 0. The summed E-state index contributed by atoms with van der Waals surface area (Å²) in [6.45, 7) is 8.62. The molecule has 0 aliphatic carbocycles. The molecule has 178 valence electrons. The number of hydrogen-bond acceptors (Lipinski definition) is 6. The number of rotatable bonds is 10. The van der Waals surface area contributed by atoms with Gasteiger partial charge in [0.15, 0.2) is 0 Å². The summed E-state index contributed by atoms with van der Waals surface area (Å²) in [6.07, 6.45) is 5.40. The summed E-state index contributed by atoms with van der Waals surface area (Å²) < 4.78 is 11.4. The highest BCUT2D eigenvalue weighted by Crippen LogP contribution is 2.17. The van der Waals surface area contributed by atoms with Crippen LogP contribution >= 0.6 is 0 Å². The van der Waals surface area contributed by atoms with Crippen LogP contribution in [-0.4, -0.2) is 84.7 Å². The van der Waals surface area contributed by atoms with E-state index in [1.165, 1.54) is 19.3 Å². The molecule has 7 heteroatoms. The van der Waals surface area contributed by atoms with Crippen molar-refractivity contribution in [1.29, 1.82) is 0 Å². The highest BCUT2D eigenvalue weighted by atomic mass is 16.5. The topological polar surface area (TPSA) is 58.1 Å². The van der Waals surface area contributed by atoms with Crippen LogP contribution in [0.5, 0.6) is 5.75 Å². The highest BCUT2D eigenvalue weighted by molar-refractivity contribution is 5.78. The first-order chi connectivity index (χ1) is 16.3. The Balaban J connectivity index is 1.36. The fourth-order valence-electron chi connectivity index (χ4n) is 4.40. The molecule has 3 heterocycles. The van der Waals surface area contributed by atoms with Crippen LogP contribution in [0.15, 0.2) is 48.7 Å². The Morgan fingerprint density at radius 1 is 0.970 bits per heavy atom.